The van der Waals surface area contributed by atoms with E-state index in [1.54, 1.807) is 41.7 Å². The third-order valence-corrected chi connectivity index (χ3v) is 6.07. The van der Waals surface area contributed by atoms with Gasteiger partial charge in [-0.05, 0) is 36.9 Å². The second-order valence-corrected chi connectivity index (χ2v) is 8.10. The molecule has 0 saturated carbocycles. The number of likely N-dealkylation sites (tertiary alicyclic amines) is 1. The van der Waals surface area contributed by atoms with Crippen molar-refractivity contribution >= 4 is 28.8 Å². The highest BCUT2D eigenvalue weighted by Gasteiger charge is 2.46. The molecule has 7 nitrogen and oxygen atoms in total. The molecule has 1 aliphatic heterocycles. The molecule has 1 unspecified atom stereocenters. The lowest BCUT2D eigenvalue weighted by molar-refractivity contribution is -0.139. The number of thiophene rings is 1. The number of aliphatic hydroxyl groups is 1. The Morgan fingerprint density at radius 2 is 2.10 bits per heavy atom. The Kier molecular flexibility index (Phi) is 6.18. The van der Waals surface area contributed by atoms with Crippen molar-refractivity contribution in [3.8, 4) is 5.75 Å². The smallest absolute Gasteiger partial charge is 0.295 e. The van der Waals surface area contributed by atoms with Gasteiger partial charge in [-0.25, -0.2) is 4.98 Å². The third kappa shape index (κ3) is 4.25. The molecule has 0 aliphatic carbocycles. The molecule has 3 heterocycles. The van der Waals surface area contributed by atoms with Crippen molar-refractivity contribution in [2.45, 2.75) is 25.9 Å². The van der Waals surface area contributed by atoms with E-state index in [0.717, 1.165) is 4.88 Å². The summed E-state index contributed by atoms with van der Waals surface area (Å²) in [5, 5.41) is 13.0. The van der Waals surface area contributed by atoms with Crippen LogP contribution in [0.4, 0.5) is 0 Å². The number of aryl methyl sites for hydroxylation is 1. The molecule has 3 aromatic rings. The highest BCUT2D eigenvalue weighted by atomic mass is 32.1. The molecular weight excluding hydrogens is 414 g/mol. The van der Waals surface area contributed by atoms with E-state index in [1.165, 1.54) is 11.3 Å². The number of Topliss-reactive ketones (excluding diaryl/α,β-unsaturated/α-hetero) is 1. The number of benzene rings is 1. The van der Waals surface area contributed by atoms with Crippen molar-refractivity contribution in [1.29, 1.82) is 0 Å². The molecule has 2 aromatic heterocycles. The van der Waals surface area contributed by atoms with Gasteiger partial charge in [0.25, 0.3) is 11.7 Å². The summed E-state index contributed by atoms with van der Waals surface area (Å²) < 4.78 is 7.44. The Morgan fingerprint density at radius 1 is 1.23 bits per heavy atom. The van der Waals surface area contributed by atoms with Crippen molar-refractivity contribution in [1.82, 2.24) is 14.5 Å². The third-order valence-electron chi connectivity index (χ3n) is 5.15. The number of nitrogens with zero attached hydrogens (tertiary/aromatic N) is 3. The second-order valence-electron chi connectivity index (χ2n) is 7.12. The molecule has 0 bridgehead atoms. The van der Waals surface area contributed by atoms with Crippen molar-refractivity contribution in [3.05, 3.63) is 76.5 Å². The molecule has 1 fully saturated rings. The van der Waals surface area contributed by atoms with Crippen LogP contribution in [0.15, 0.2) is 66.1 Å². The summed E-state index contributed by atoms with van der Waals surface area (Å²) in [6.45, 7) is 3.43. The fourth-order valence-corrected chi connectivity index (χ4v) is 4.60. The first-order chi connectivity index (χ1) is 15.1. The molecular formula is C23H23N3O4S. The lowest BCUT2D eigenvalue weighted by Crippen LogP contribution is -2.31. The first kappa shape index (κ1) is 20.9. The number of aliphatic hydroxyl groups excluding tert-OH is 1. The number of carbonyl (C=O) groups excluding carboxylic acids is 2. The molecule has 0 spiro atoms. The van der Waals surface area contributed by atoms with Gasteiger partial charge in [0.15, 0.2) is 0 Å². The van der Waals surface area contributed by atoms with Crippen LogP contribution in [0.5, 0.6) is 5.75 Å². The summed E-state index contributed by atoms with van der Waals surface area (Å²) in [5.74, 6) is -0.851. The zero-order valence-corrected chi connectivity index (χ0v) is 17.9. The maximum atomic E-state index is 13.0. The number of carbonyl (C=O) groups is 2. The van der Waals surface area contributed by atoms with E-state index in [9.17, 15) is 14.7 Å². The molecule has 31 heavy (non-hydrogen) atoms. The summed E-state index contributed by atoms with van der Waals surface area (Å²) in [5.41, 5.74) is 0.563. The van der Waals surface area contributed by atoms with Crippen LogP contribution in [0.1, 0.15) is 29.8 Å². The topological polar surface area (TPSA) is 84.7 Å². The minimum Gasteiger partial charge on any atom is -0.507 e. The number of amides is 1. The van der Waals surface area contributed by atoms with Crippen molar-refractivity contribution in [2.75, 3.05) is 13.2 Å². The lowest BCUT2D eigenvalue weighted by atomic mass is 9.99. The first-order valence-corrected chi connectivity index (χ1v) is 11.0. The number of hydrogen-bond donors (Lipinski definition) is 1. The monoisotopic (exact) mass is 437 g/mol. The quantitative estimate of drug-likeness (QED) is 0.329. The summed E-state index contributed by atoms with van der Waals surface area (Å²) in [6, 6.07) is 10.1. The van der Waals surface area contributed by atoms with Gasteiger partial charge in [-0.3, -0.25) is 9.59 Å². The molecule has 0 radical (unpaired) electrons. The van der Waals surface area contributed by atoms with E-state index >= 15 is 0 Å². The zero-order valence-electron chi connectivity index (χ0n) is 17.1. The summed E-state index contributed by atoms with van der Waals surface area (Å²) >= 11 is 1.46. The second kappa shape index (κ2) is 9.18. The Morgan fingerprint density at radius 3 is 2.81 bits per heavy atom. The Labute approximate surface area is 184 Å². The zero-order chi connectivity index (χ0) is 21.8. The molecule has 4 rings (SSSR count). The van der Waals surface area contributed by atoms with E-state index in [-0.39, 0.29) is 11.3 Å². The summed E-state index contributed by atoms with van der Waals surface area (Å²) in [7, 11) is 0. The largest absolute Gasteiger partial charge is 0.507 e. The molecule has 1 atom stereocenters. The predicted octanol–water partition coefficient (Wildman–Crippen LogP) is 3.86. The van der Waals surface area contributed by atoms with Crippen LogP contribution in [0, 0.1) is 0 Å². The van der Waals surface area contributed by atoms with E-state index in [1.807, 2.05) is 35.2 Å². The minimum absolute atomic E-state index is 0.115. The Balaban J connectivity index is 1.68. The number of imidazole rings is 1. The van der Waals surface area contributed by atoms with E-state index in [4.69, 9.17) is 4.74 Å². The van der Waals surface area contributed by atoms with Crippen LogP contribution >= 0.6 is 11.3 Å². The fourth-order valence-electron chi connectivity index (χ4n) is 3.75. The standard InChI is InChI=1S/C23H23N3O4S/c1-2-30-17-7-3-6-16(14-17)21(27)19-20(18-8-4-13-31-18)26(23(29)22(19)28)11-5-10-25-12-9-24-15-25/h3-4,6-9,12-15,20,27H,2,5,10-11H2,1H3/b21-19-. The van der Waals surface area contributed by atoms with Gasteiger partial charge in [-0.1, -0.05) is 18.2 Å². The van der Waals surface area contributed by atoms with Crippen molar-refractivity contribution < 1.29 is 19.4 Å². The van der Waals surface area contributed by atoms with Gasteiger partial charge in [0.2, 0.25) is 0 Å². The van der Waals surface area contributed by atoms with Gasteiger partial charge >= 0.3 is 0 Å². The number of rotatable bonds is 8. The van der Waals surface area contributed by atoms with Gasteiger partial charge in [-0.15, -0.1) is 11.3 Å². The SMILES string of the molecule is CCOc1cccc(/C(O)=C2/C(=O)C(=O)N(CCCn3ccnc3)C2c2cccs2)c1. The molecule has 1 aliphatic rings. The minimum atomic E-state index is -0.666. The van der Waals surface area contributed by atoms with Crippen molar-refractivity contribution in [3.63, 3.8) is 0 Å². The fraction of sp³-hybridized carbons (Fsp3) is 0.261. The first-order valence-electron chi connectivity index (χ1n) is 10.1. The molecule has 8 heteroatoms. The van der Waals surface area contributed by atoms with E-state index in [2.05, 4.69) is 4.98 Å². The average Bonchev–Trinajstić information content (AvgIpc) is 3.52. The Bertz CT molecular complexity index is 1090. The summed E-state index contributed by atoms with van der Waals surface area (Å²) in [4.78, 5) is 32.3. The molecule has 1 amide bonds. The van der Waals surface area contributed by atoms with E-state index in [0.29, 0.717) is 37.4 Å². The van der Waals surface area contributed by atoms with Gasteiger partial charge in [0.1, 0.15) is 11.5 Å². The number of ether oxygens (including phenoxy) is 1. The van der Waals surface area contributed by atoms with Gasteiger partial charge in [0.05, 0.1) is 24.5 Å². The summed E-state index contributed by atoms with van der Waals surface area (Å²) in [6.07, 6.45) is 5.94. The van der Waals surface area contributed by atoms with Crippen LogP contribution in [0.3, 0.4) is 0 Å². The maximum Gasteiger partial charge on any atom is 0.295 e. The van der Waals surface area contributed by atoms with Crippen LogP contribution in [-0.2, 0) is 16.1 Å². The molecule has 1 N–H and O–H groups in total. The van der Waals surface area contributed by atoms with Crippen LogP contribution in [-0.4, -0.2) is 44.4 Å². The highest BCUT2D eigenvalue weighted by Crippen LogP contribution is 2.41. The Hall–Kier alpha value is -3.39. The van der Waals surface area contributed by atoms with Crippen LogP contribution in [0.25, 0.3) is 5.76 Å². The normalized spacial score (nSPS) is 18.0. The van der Waals surface area contributed by atoms with Crippen LogP contribution < -0.4 is 4.74 Å². The molecule has 1 aromatic carbocycles. The maximum absolute atomic E-state index is 13.0. The van der Waals surface area contributed by atoms with Crippen molar-refractivity contribution in [2.24, 2.45) is 0 Å². The number of ketones is 1. The predicted molar refractivity (Wildman–Crippen MR) is 118 cm³/mol. The molecule has 160 valence electrons. The van der Waals surface area contributed by atoms with E-state index < -0.39 is 17.7 Å². The van der Waals surface area contributed by atoms with Gasteiger partial charge in [-0.2, -0.15) is 0 Å². The lowest BCUT2D eigenvalue weighted by Gasteiger charge is -2.24. The number of hydrogen-bond acceptors (Lipinski definition) is 6. The van der Waals surface area contributed by atoms with Crippen LogP contribution in [0.2, 0.25) is 0 Å². The van der Waals surface area contributed by atoms with Gasteiger partial charge in [0, 0.05) is 35.9 Å². The highest BCUT2D eigenvalue weighted by molar-refractivity contribution is 7.10. The van der Waals surface area contributed by atoms with Gasteiger partial charge < -0.3 is 19.3 Å². The molecule has 1 saturated heterocycles. The average molecular weight is 438 g/mol. The number of aromatic nitrogens is 2.